The van der Waals surface area contributed by atoms with Crippen LogP contribution in [0.2, 0.25) is 0 Å². The van der Waals surface area contributed by atoms with Crippen molar-refractivity contribution in [3.05, 3.63) is 45.6 Å². The minimum atomic E-state index is -4.17. The van der Waals surface area contributed by atoms with Crippen molar-refractivity contribution in [1.82, 2.24) is 4.98 Å². The molecule has 21 heavy (non-hydrogen) atoms. The molecule has 2 aromatic rings. The normalized spacial score (nSPS) is 11.4. The third-order valence-electron chi connectivity index (χ3n) is 2.56. The standard InChI is InChI=1S/C11H10FN3O5S/c1-6-3-8(4-9(10(6)12)15(16)17)21(18,19)14-11-13-7(2)5-20-11/h3-5H,1-2H3,(H,13,14). The van der Waals surface area contributed by atoms with E-state index in [4.69, 9.17) is 4.42 Å². The van der Waals surface area contributed by atoms with Gasteiger partial charge in [-0.15, -0.1) is 0 Å². The lowest BCUT2D eigenvalue weighted by molar-refractivity contribution is -0.387. The van der Waals surface area contributed by atoms with E-state index in [-0.39, 0.29) is 11.6 Å². The molecule has 0 spiro atoms. The molecule has 0 unspecified atom stereocenters. The van der Waals surface area contributed by atoms with Gasteiger partial charge in [-0.25, -0.2) is 13.1 Å². The summed E-state index contributed by atoms with van der Waals surface area (Å²) in [5, 5.41) is 10.7. The number of hydrogen-bond acceptors (Lipinski definition) is 6. The van der Waals surface area contributed by atoms with Crippen molar-refractivity contribution in [3.8, 4) is 0 Å². The van der Waals surface area contributed by atoms with Crippen LogP contribution in [-0.4, -0.2) is 18.3 Å². The molecule has 10 heteroatoms. The van der Waals surface area contributed by atoms with Gasteiger partial charge in [-0.05, 0) is 25.5 Å². The number of nitrogens with one attached hydrogen (secondary N) is 1. The first kappa shape index (κ1) is 14.9. The third-order valence-corrected chi connectivity index (χ3v) is 3.86. The van der Waals surface area contributed by atoms with Gasteiger partial charge in [-0.3, -0.25) is 10.1 Å². The highest BCUT2D eigenvalue weighted by molar-refractivity contribution is 7.92. The van der Waals surface area contributed by atoms with Gasteiger partial charge in [0.1, 0.15) is 6.26 Å². The maximum absolute atomic E-state index is 13.6. The average molecular weight is 315 g/mol. The van der Waals surface area contributed by atoms with E-state index in [1.54, 1.807) is 6.92 Å². The first-order valence-electron chi connectivity index (χ1n) is 5.60. The van der Waals surface area contributed by atoms with Crippen LogP contribution in [0.5, 0.6) is 0 Å². The number of rotatable bonds is 4. The summed E-state index contributed by atoms with van der Waals surface area (Å²) in [5.41, 5.74) is -0.624. The molecule has 0 aliphatic rings. The molecule has 0 fully saturated rings. The zero-order chi connectivity index (χ0) is 15.8. The van der Waals surface area contributed by atoms with Gasteiger partial charge >= 0.3 is 11.7 Å². The molecule has 2 rings (SSSR count). The summed E-state index contributed by atoms with van der Waals surface area (Å²) < 4.78 is 44.6. The van der Waals surface area contributed by atoms with Crippen LogP contribution in [0.15, 0.2) is 27.7 Å². The van der Waals surface area contributed by atoms with Gasteiger partial charge in [0, 0.05) is 6.07 Å². The van der Waals surface area contributed by atoms with E-state index in [9.17, 15) is 22.9 Å². The largest absolute Gasteiger partial charge is 0.431 e. The Balaban J connectivity index is 2.47. The number of anilines is 1. The summed E-state index contributed by atoms with van der Waals surface area (Å²) in [6, 6.07) is 1.35. The van der Waals surface area contributed by atoms with Gasteiger partial charge in [-0.1, -0.05) is 0 Å². The smallest absolute Gasteiger partial charge is 0.309 e. The van der Waals surface area contributed by atoms with E-state index in [0.29, 0.717) is 11.8 Å². The minimum absolute atomic E-state index is 0.159. The van der Waals surface area contributed by atoms with Gasteiger partial charge in [0.15, 0.2) is 0 Å². The Morgan fingerprint density at radius 2 is 2.05 bits per heavy atom. The summed E-state index contributed by atoms with van der Waals surface area (Å²) in [5.74, 6) is -1.08. The van der Waals surface area contributed by atoms with Crippen LogP contribution >= 0.6 is 0 Å². The highest BCUT2D eigenvalue weighted by atomic mass is 32.2. The van der Waals surface area contributed by atoms with Crippen LogP contribution in [0.25, 0.3) is 0 Å². The molecular weight excluding hydrogens is 305 g/mol. The Labute approximate surface area is 118 Å². The number of aryl methyl sites for hydroxylation is 2. The number of oxazole rings is 1. The molecule has 1 heterocycles. The van der Waals surface area contributed by atoms with Gasteiger partial charge in [0.05, 0.1) is 15.5 Å². The lowest BCUT2D eigenvalue weighted by Gasteiger charge is -2.06. The highest BCUT2D eigenvalue weighted by Gasteiger charge is 2.25. The van der Waals surface area contributed by atoms with E-state index < -0.39 is 31.3 Å². The average Bonchev–Trinajstić information content (AvgIpc) is 2.76. The second-order valence-corrected chi connectivity index (χ2v) is 5.91. The number of aromatic nitrogens is 1. The number of benzene rings is 1. The molecule has 0 aliphatic carbocycles. The predicted molar refractivity (Wildman–Crippen MR) is 69.8 cm³/mol. The quantitative estimate of drug-likeness (QED) is 0.682. The first-order chi connectivity index (χ1) is 9.70. The van der Waals surface area contributed by atoms with Crippen molar-refractivity contribution in [2.24, 2.45) is 0 Å². The lowest BCUT2D eigenvalue weighted by atomic mass is 10.2. The summed E-state index contributed by atoms with van der Waals surface area (Å²) in [7, 11) is -4.17. The fraction of sp³-hybridized carbons (Fsp3) is 0.182. The molecule has 1 N–H and O–H groups in total. The van der Waals surface area contributed by atoms with Gasteiger partial charge in [0.25, 0.3) is 10.0 Å². The number of nitro benzene ring substituents is 1. The molecule has 1 aromatic carbocycles. The maximum Gasteiger partial charge on any atom is 0.309 e. The van der Waals surface area contributed by atoms with Crippen LogP contribution in [0.4, 0.5) is 16.1 Å². The fourth-order valence-corrected chi connectivity index (χ4v) is 2.62. The third kappa shape index (κ3) is 2.99. The lowest BCUT2D eigenvalue weighted by Crippen LogP contribution is -2.14. The Hall–Kier alpha value is -2.49. The van der Waals surface area contributed by atoms with Crippen LogP contribution < -0.4 is 4.72 Å². The molecule has 0 saturated heterocycles. The SMILES string of the molecule is Cc1coc(NS(=O)(=O)c2cc(C)c(F)c([N+](=O)[O-])c2)n1. The topological polar surface area (TPSA) is 115 Å². The predicted octanol–water partition coefficient (Wildman–Crippen LogP) is 2.14. The maximum atomic E-state index is 13.6. The van der Waals surface area contributed by atoms with Crippen LogP contribution in [-0.2, 0) is 10.0 Å². The fourth-order valence-electron chi connectivity index (χ4n) is 1.58. The Kier molecular flexibility index (Phi) is 3.64. The molecule has 0 aliphatic heterocycles. The summed E-state index contributed by atoms with van der Waals surface area (Å²) >= 11 is 0. The molecule has 0 radical (unpaired) electrons. The van der Waals surface area contributed by atoms with Gasteiger partial charge in [-0.2, -0.15) is 9.37 Å². The van der Waals surface area contributed by atoms with E-state index in [2.05, 4.69) is 4.98 Å². The van der Waals surface area contributed by atoms with Crippen molar-refractivity contribution in [2.75, 3.05) is 4.72 Å². The summed E-state index contributed by atoms with van der Waals surface area (Å²) in [4.78, 5) is 13.0. The highest BCUT2D eigenvalue weighted by Crippen LogP contribution is 2.26. The monoisotopic (exact) mass is 315 g/mol. The van der Waals surface area contributed by atoms with E-state index >= 15 is 0 Å². The molecule has 0 saturated carbocycles. The summed E-state index contributed by atoms with van der Waals surface area (Å²) in [6.07, 6.45) is 1.23. The van der Waals surface area contributed by atoms with Crippen molar-refractivity contribution < 1.29 is 22.1 Å². The van der Waals surface area contributed by atoms with E-state index in [1.165, 1.54) is 13.2 Å². The molecular formula is C11H10FN3O5S. The second kappa shape index (κ2) is 5.13. The first-order valence-corrected chi connectivity index (χ1v) is 7.08. The van der Waals surface area contributed by atoms with Crippen molar-refractivity contribution in [2.45, 2.75) is 18.7 Å². The number of nitrogens with zero attached hydrogens (tertiary/aromatic N) is 2. The van der Waals surface area contributed by atoms with E-state index in [0.717, 1.165) is 6.07 Å². The Morgan fingerprint density at radius 3 is 2.57 bits per heavy atom. The van der Waals surface area contributed by atoms with Crippen LogP contribution in [0.3, 0.4) is 0 Å². The Morgan fingerprint density at radius 1 is 1.38 bits per heavy atom. The number of nitro groups is 1. The number of halogens is 1. The molecule has 0 amide bonds. The van der Waals surface area contributed by atoms with Crippen LogP contribution in [0, 0.1) is 29.8 Å². The second-order valence-electron chi connectivity index (χ2n) is 4.23. The summed E-state index contributed by atoms with van der Waals surface area (Å²) in [6.45, 7) is 2.82. The van der Waals surface area contributed by atoms with Crippen molar-refractivity contribution in [1.29, 1.82) is 0 Å². The zero-order valence-corrected chi connectivity index (χ0v) is 11.8. The molecule has 112 valence electrons. The molecule has 0 bridgehead atoms. The van der Waals surface area contributed by atoms with Gasteiger partial charge < -0.3 is 4.42 Å². The molecule has 1 aromatic heterocycles. The minimum Gasteiger partial charge on any atom is -0.431 e. The zero-order valence-electron chi connectivity index (χ0n) is 11.0. The molecule has 8 nitrogen and oxygen atoms in total. The number of sulfonamides is 1. The van der Waals surface area contributed by atoms with Crippen molar-refractivity contribution >= 4 is 21.7 Å². The van der Waals surface area contributed by atoms with Gasteiger partial charge in [0.2, 0.25) is 5.82 Å². The van der Waals surface area contributed by atoms with Crippen LogP contribution in [0.1, 0.15) is 11.3 Å². The van der Waals surface area contributed by atoms with Crippen molar-refractivity contribution in [3.63, 3.8) is 0 Å². The molecule has 0 atom stereocenters. The Bertz CT molecular complexity index is 815. The van der Waals surface area contributed by atoms with E-state index in [1.807, 2.05) is 4.72 Å². The number of hydrogen-bond donors (Lipinski definition) is 1.